The average Bonchev–Trinajstić information content (AvgIpc) is 3.48. The number of aromatic nitrogens is 4. The SMILES string of the molecule is COc1ccc(OC)c(NC(=O)CNc2cccc(-c3nnnn3C3CC3)c2)c1. The van der Waals surface area contributed by atoms with Crippen LogP contribution in [0.1, 0.15) is 18.9 Å². The van der Waals surface area contributed by atoms with Crippen LogP contribution in [0.4, 0.5) is 11.4 Å². The number of amides is 1. The molecular weight excluding hydrogens is 372 g/mol. The number of tetrazole rings is 1. The van der Waals surface area contributed by atoms with Crippen molar-refractivity contribution < 1.29 is 14.3 Å². The number of methoxy groups -OCH3 is 2. The molecule has 4 rings (SSSR count). The third-order valence-corrected chi connectivity index (χ3v) is 4.64. The average molecular weight is 394 g/mol. The van der Waals surface area contributed by atoms with E-state index < -0.39 is 0 Å². The van der Waals surface area contributed by atoms with E-state index in [0.717, 1.165) is 29.9 Å². The zero-order valence-corrected chi connectivity index (χ0v) is 16.3. The van der Waals surface area contributed by atoms with Gasteiger partial charge in [0.25, 0.3) is 0 Å². The fourth-order valence-corrected chi connectivity index (χ4v) is 3.01. The molecule has 2 aromatic carbocycles. The lowest BCUT2D eigenvalue weighted by molar-refractivity contribution is -0.114. The summed E-state index contributed by atoms with van der Waals surface area (Å²) in [5.74, 6) is 1.73. The van der Waals surface area contributed by atoms with Crippen molar-refractivity contribution in [2.45, 2.75) is 18.9 Å². The van der Waals surface area contributed by atoms with Crippen molar-refractivity contribution in [1.29, 1.82) is 0 Å². The van der Waals surface area contributed by atoms with Gasteiger partial charge in [-0.15, -0.1) is 5.10 Å². The summed E-state index contributed by atoms with van der Waals surface area (Å²) in [6.07, 6.45) is 2.20. The lowest BCUT2D eigenvalue weighted by Crippen LogP contribution is -2.22. The van der Waals surface area contributed by atoms with Crippen LogP contribution >= 0.6 is 0 Å². The van der Waals surface area contributed by atoms with E-state index in [9.17, 15) is 4.79 Å². The molecule has 1 amide bonds. The molecule has 9 heteroatoms. The first kappa shape index (κ1) is 18.7. The maximum atomic E-state index is 12.4. The van der Waals surface area contributed by atoms with E-state index in [-0.39, 0.29) is 12.5 Å². The lowest BCUT2D eigenvalue weighted by atomic mass is 10.2. The number of benzene rings is 2. The van der Waals surface area contributed by atoms with Crippen molar-refractivity contribution in [3.8, 4) is 22.9 Å². The molecule has 0 spiro atoms. The number of hydrogen-bond acceptors (Lipinski definition) is 7. The lowest BCUT2D eigenvalue weighted by Gasteiger charge is -2.13. The van der Waals surface area contributed by atoms with Gasteiger partial charge in [0.05, 0.1) is 32.5 Å². The predicted molar refractivity (Wildman–Crippen MR) is 108 cm³/mol. The van der Waals surface area contributed by atoms with E-state index in [1.54, 1.807) is 32.4 Å². The number of nitrogens with zero attached hydrogens (tertiary/aromatic N) is 4. The van der Waals surface area contributed by atoms with Crippen LogP contribution in [0.25, 0.3) is 11.4 Å². The molecule has 0 unspecified atom stereocenters. The van der Waals surface area contributed by atoms with Gasteiger partial charge in [0, 0.05) is 17.3 Å². The standard InChI is InChI=1S/C20H22N6O3/c1-28-16-8-9-18(29-2)17(11-16)22-19(27)12-21-14-5-3-4-13(10-14)20-23-24-25-26(20)15-6-7-15/h3-5,8-11,15,21H,6-7,12H2,1-2H3,(H,22,27). The summed E-state index contributed by atoms with van der Waals surface area (Å²) in [7, 11) is 3.12. The summed E-state index contributed by atoms with van der Waals surface area (Å²) in [6.45, 7) is 0.0946. The zero-order chi connectivity index (χ0) is 20.2. The van der Waals surface area contributed by atoms with Gasteiger partial charge in [-0.1, -0.05) is 12.1 Å². The molecule has 3 aromatic rings. The first-order valence-corrected chi connectivity index (χ1v) is 9.32. The van der Waals surface area contributed by atoms with Crippen molar-refractivity contribution in [3.63, 3.8) is 0 Å². The predicted octanol–water partition coefficient (Wildman–Crippen LogP) is 2.74. The van der Waals surface area contributed by atoms with E-state index >= 15 is 0 Å². The van der Waals surface area contributed by atoms with Crippen LogP contribution in [0.2, 0.25) is 0 Å². The van der Waals surface area contributed by atoms with Crippen molar-refractivity contribution in [3.05, 3.63) is 42.5 Å². The highest BCUT2D eigenvalue weighted by molar-refractivity contribution is 5.95. The Hall–Kier alpha value is -3.62. The van der Waals surface area contributed by atoms with Crippen LogP contribution in [0.3, 0.4) is 0 Å². The molecule has 1 aliphatic rings. The molecule has 1 aliphatic carbocycles. The largest absolute Gasteiger partial charge is 0.497 e. The first-order valence-electron chi connectivity index (χ1n) is 9.32. The molecule has 150 valence electrons. The summed E-state index contributed by atoms with van der Waals surface area (Å²) in [5.41, 5.74) is 2.26. The van der Waals surface area contributed by atoms with Crippen LogP contribution in [0, 0.1) is 0 Å². The van der Waals surface area contributed by atoms with E-state index in [1.807, 2.05) is 28.9 Å². The van der Waals surface area contributed by atoms with Crippen molar-refractivity contribution in [2.75, 3.05) is 31.4 Å². The third kappa shape index (κ3) is 4.29. The van der Waals surface area contributed by atoms with Gasteiger partial charge in [-0.2, -0.15) is 0 Å². The Morgan fingerprint density at radius 2 is 2.03 bits per heavy atom. The summed E-state index contributed by atoms with van der Waals surface area (Å²) in [6, 6.07) is 13.3. The second kappa shape index (κ2) is 8.17. The Labute approximate surface area is 168 Å². The first-order chi connectivity index (χ1) is 14.2. The molecule has 9 nitrogen and oxygen atoms in total. The molecule has 1 aromatic heterocycles. The van der Waals surface area contributed by atoms with Gasteiger partial charge in [0.15, 0.2) is 5.82 Å². The van der Waals surface area contributed by atoms with Gasteiger partial charge in [-0.05, 0) is 47.5 Å². The number of rotatable bonds is 8. The zero-order valence-electron chi connectivity index (χ0n) is 16.3. The molecule has 0 saturated heterocycles. The quantitative estimate of drug-likeness (QED) is 0.605. The van der Waals surface area contributed by atoms with Crippen molar-refractivity contribution in [2.24, 2.45) is 0 Å². The maximum Gasteiger partial charge on any atom is 0.243 e. The summed E-state index contributed by atoms with van der Waals surface area (Å²) >= 11 is 0. The smallest absolute Gasteiger partial charge is 0.243 e. The Balaban J connectivity index is 1.42. The van der Waals surface area contributed by atoms with Crippen molar-refractivity contribution in [1.82, 2.24) is 20.2 Å². The molecule has 1 saturated carbocycles. The molecular formula is C20H22N6O3. The Kier molecular flexibility index (Phi) is 5.28. The van der Waals surface area contributed by atoms with Gasteiger partial charge in [0.2, 0.25) is 5.91 Å². The summed E-state index contributed by atoms with van der Waals surface area (Å²) < 4.78 is 12.4. The molecule has 0 radical (unpaired) electrons. The minimum Gasteiger partial charge on any atom is -0.497 e. The Bertz CT molecular complexity index is 1010. The number of nitrogens with one attached hydrogen (secondary N) is 2. The number of carbonyl (C=O) groups excluding carboxylic acids is 1. The molecule has 0 bridgehead atoms. The van der Waals surface area contributed by atoms with E-state index in [2.05, 4.69) is 26.2 Å². The summed E-state index contributed by atoms with van der Waals surface area (Å²) in [4.78, 5) is 12.4. The number of carbonyl (C=O) groups is 1. The Morgan fingerprint density at radius 3 is 2.79 bits per heavy atom. The van der Waals surface area contributed by atoms with Crippen LogP contribution in [-0.4, -0.2) is 46.9 Å². The van der Waals surface area contributed by atoms with Crippen LogP contribution in [0.5, 0.6) is 11.5 Å². The Morgan fingerprint density at radius 1 is 1.17 bits per heavy atom. The molecule has 29 heavy (non-hydrogen) atoms. The number of hydrogen-bond donors (Lipinski definition) is 2. The van der Waals surface area contributed by atoms with E-state index in [0.29, 0.717) is 23.2 Å². The number of anilines is 2. The minimum absolute atomic E-state index is 0.0946. The second-order valence-electron chi connectivity index (χ2n) is 6.73. The van der Waals surface area contributed by atoms with Gasteiger partial charge in [-0.3, -0.25) is 4.79 Å². The maximum absolute atomic E-state index is 12.4. The van der Waals surface area contributed by atoms with Crippen LogP contribution in [0.15, 0.2) is 42.5 Å². The molecule has 0 aliphatic heterocycles. The monoisotopic (exact) mass is 394 g/mol. The van der Waals surface area contributed by atoms with Gasteiger partial charge in [-0.25, -0.2) is 4.68 Å². The van der Waals surface area contributed by atoms with Gasteiger partial charge >= 0.3 is 0 Å². The normalized spacial score (nSPS) is 13.0. The van der Waals surface area contributed by atoms with Gasteiger partial charge in [0.1, 0.15) is 11.5 Å². The van der Waals surface area contributed by atoms with Crippen LogP contribution in [-0.2, 0) is 4.79 Å². The van der Waals surface area contributed by atoms with Crippen LogP contribution < -0.4 is 20.1 Å². The minimum atomic E-state index is -0.204. The molecule has 0 atom stereocenters. The third-order valence-electron chi connectivity index (χ3n) is 4.64. The number of ether oxygens (including phenoxy) is 2. The highest BCUT2D eigenvalue weighted by Crippen LogP contribution is 2.36. The molecule has 1 heterocycles. The second-order valence-corrected chi connectivity index (χ2v) is 6.73. The van der Waals surface area contributed by atoms with Crippen molar-refractivity contribution >= 4 is 17.3 Å². The highest BCUT2D eigenvalue weighted by atomic mass is 16.5. The highest BCUT2D eigenvalue weighted by Gasteiger charge is 2.28. The molecule has 2 N–H and O–H groups in total. The fraction of sp³-hybridized carbons (Fsp3) is 0.300. The summed E-state index contributed by atoms with van der Waals surface area (Å²) in [5, 5.41) is 18.0. The van der Waals surface area contributed by atoms with E-state index in [1.165, 1.54) is 0 Å². The van der Waals surface area contributed by atoms with Gasteiger partial charge < -0.3 is 20.1 Å². The fourth-order valence-electron chi connectivity index (χ4n) is 3.01. The van der Waals surface area contributed by atoms with E-state index in [4.69, 9.17) is 9.47 Å². The molecule has 1 fully saturated rings. The topological polar surface area (TPSA) is 103 Å².